The van der Waals surface area contributed by atoms with Crippen LogP contribution in [0.3, 0.4) is 0 Å². The van der Waals surface area contributed by atoms with Crippen molar-refractivity contribution in [3.05, 3.63) is 0 Å². The highest BCUT2D eigenvalue weighted by Crippen LogP contribution is 1.99. The van der Waals surface area contributed by atoms with E-state index in [0.29, 0.717) is 6.61 Å². The van der Waals surface area contributed by atoms with E-state index in [4.69, 9.17) is 4.74 Å². The molecule has 0 saturated heterocycles. The molecule has 0 aromatic rings. The van der Waals surface area contributed by atoms with Crippen LogP contribution in [0.4, 0.5) is 0 Å². The fourth-order valence-electron chi connectivity index (χ4n) is 0.935. The number of likely N-dealkylation sites (N-methyl/N-ethyl adjacent to an activating group) is 2. The maximum Gasteiger partial charge on any atom is 0.323 e. The van der Waals surface area contributed by atoms with Crippen LogP contribution in [0, 0.1) is 0 Å². The van der Waals surface area contributed by atoms with Crippen molar-refractivity contribution in [3.63, 3.8) is 0 Å². The van der Waals surface area contributed by atoms with E-state index in [-0.39, 0.29) is 18.4 Å². The van der Waals surface area contributed by atoms with Crippen LogP contribution in [0.5, 0.6) is 0 Å². The number of ether oxygens (including phenoxy) is 1. The van der Waals surface area contributed by atoms with E-state index in [0.717, 1.165) is 0 Å². The molecule has 88 valence electrons. The third-order valence-electron chi connectivity index (χ3n) is 2.17. The monoisotopic (exact) mass is 216 g/mol. The molecule has 0 N–H and O–H groups in total. The first-order valence-corrected chi connectivity index (χ1v) is 4.97. The number of esters is 1. The van der Waals surface area contributed by atoms with Gasteiger partial charge in [0, 0.05) is 14.1 Å². The molecule has 5 nitrogen and oxygen atoms in total. The lowest BCUT2D eigenvalue weighted by atomic mass is 10.3. The Kier molecular flexibility index (Phi) is 5.93. The average Bonchev–Trinajstić information content (AvgIpc) is 2.16. The fraction of sp³-hybridized carbons (Fsp3) is 0.800. The zero-order chi connectivity index (χ0) is 12.0. The first kappa shape index (κ1) is 13.9. The third kappa shape index (κ3) is 4.78. The topological polar surface area (TPSA) is 49.9 Å². The predicted molar refractivity (Wildman–Crippen MR) is 57.4 cm³/mol. The molecule has 1 unspecified atom stereocenters. The zero-order valence-corrected chi connectivity index (χ0v) is 10.1. The number of carbonyl (C=O) groups excluding carboxylic acids is 2. The van der Waals surface area contributed by atoms with Crippen molar-refractivity contribution in [1.82, 2.24) is 9.80 Å². The van der Waals surface area contributed by atoms with E-state index < -0.39 is 6.04 Å². The van der Waals surface area contributed by atoms with Gasteiger partial charge in [-0.2, -0.15) is 0 Å². The third-order valence-corrected chi connectivity index (χ3v) is 2.17. The average molecular weight is 216 g/mol. The smallest absolute Gasteiger partial charge is 0.323 e. The minimum Gasteiger partial charge on any atom is -0.465 e. The lowest BCUT2D eigenvalue weighted by Crippen LogP contribution is -2.43. The first-order chi connectivity index (χ1) is 6.90. The maximum absolute atomic E-state index is 11.4. The van der Waals surface area contributed by atoms with Gasteiger partial charge in [0.2, 0.25) is 5.91 Å². The van der Waals surface area contributed by atoms with Gasteiger partial charge in [-0.15, -0.1) is 0 Å². The summed E-state index contributed by atoms with van der Waals surface area (Å²) >= 11 is 0. The summed E-state index contributed by atoms with van der Waals surface area (Å²) in [5.41, 5.74) is 0. The molecule has 15 heavy (non-hydrogen) atoms. The summed E-state index contributed by atoms with van der Waals surface area (Å²) in [5, 5.41) is 0. The lowest BCUT2D eigenvalue weighted by Gasteiger charge is -2.23. The molecule has 0 aliphatic carbocycles. The Bertz CT molecular complexity index is 229. The van der Waals surface area contributed by atoms with Crippen molar-refractivity contribution >= 4 is 11.9 Å². The molecular formula is C10H20N2O3. The Morgan fingerprint density at radius 3 is 2.20 bits per heavy atom. The summed E-state index contributed by atoms with van der Waals surface area (Å²) in [5.74, 6) is -0.333. The van der Waals surface area contributed by atoms with Crippen LogP contribution >= 0.6 is 0 Å². The van der Waals surface area contributed by atoms with Crippen molar-refractivity contribution < 1.29 is 14.3 Å². The van der Waals surface area contributed by atoms with Gasteiger partial charge in [0.25, 0.3) is 0 Å². The van der Waals surface area contributed by atoms with Gasteiger partial charge in [0.05, 0.1) is 13.2 Å². The van der Waals surface area contributed by atoms with Crippen LogP contribution in [0.15, 0.2) is 0 Å². The molecule has 0 aromatic heterocycles. The van der Waals surface area contributed by atoms with E-state index >= 15 is 0 Å². The Morgan fingerprint density at radius 2 is 1.80 bits per heavy atom. The summed E-state index contributed by atoms with van der Waals surface area (Å²) in [6.07, 6.45) is 0. The largest absolute Gasteiger partial charge is 0.465 e. The molecule has 0 aliphatic rings. The summed E-state index contributed by atoms with van der Waals surface area (Å²) in [4.78, 5) is 25.9. The van der Waals surface area contributed by atoms with Crippen molar-refractivity contribution in [1.29, 1.82) is 0 Å². The van der Waals surface area contributed by atoms with Gasteiger partial charge in [0.1, 0.15) is 6.04 Å². The quantitative estimate of drug-likeness (QED) is 0.605. The van der Waals surface area contributed by atoms with Crippen LogP contribution in [-0.4, -0.2) is 62.0 Å². The summed E-state index contributed by atoms with van der Waals surface area (Å²) < 4.78 is 4.86. The number of nitrogens with zero attached hydrogens (tertiary/aromatic N) is 2. The van der Waals surface area contributed by atoms with E-state index in [9.17, 15) is 9.59 Å². The Hall–Kier alpha value is -1.10. The van der Waals surface area contributed by atoms with Crippen molar-refractivity contribution in [2.24, 2.45) is 0 Å². The highest BCUT2D eigenvalue weighted by molar-refractivity contribution is 5.80. The van der Waals surface area contributed by atoms with Crippen LogP contribution in [0.1, 0.15) is 13.8 Å². The van der Waals surface area contributed by atoms with Gasteiger partial charge < -0.3 is 9.64 Å². The summed E-state index contributed by atoms with van der Waals surface area (Å²) in [6, 6.07) is -0.395. The van der Waals surface area contributed by atoms with Gasteiger partial charge in [0.15, 0.2) is 0 Å². The van der Waals surface area contributed by atoms with E-state index in [1.54, 1.807) is 39.9 Å². The second-order valence-electron chi connectivity index (χ2n) is 3.63. The molecule has 0 aromatic carbocycles. The van der Waals surface area contributed by atoms with Gasteiger partial charge in [-0.3, -0.25) is 14.5 Å². The van der Waals surface area contributed by atoms with Crippen LogP contribution in [0.2, 0.25) is 0 Å². The van der Waals surface area contributed by atoms with E-state index in [1.165, 1.54) is 4.90 Å². The molecule has 0 rings (SSSR count). The number of hydrogen-bond donors (Lipinski definition) is 0. The van der Waals surface area contributed by atoms with Gasteiger partial charge in [-0.25, -0.2) is 0 Å². The number of amides is 1. The summed E-state index contributed by atoms with van der Waals surface area (Å²) in [7, 11) is 5.10. The van der Waals surface area contributed by atoms with Crippen LogP contribution in [-0.2, 0) is 14.3 Å². The Balaban J connectivity index is 4.14. The van der Waals surface area contributed by atoms with Crippen LogP contribution < -0.4 is 0 Å². The van der Waals surface area contributed by atoms with Gasteiger partial charge in [-0.05, 0) is 20.9 Å². The lowest BCUT2D eigenvalue weighted by molar-refractivity contribution is -0.149. The van der Waals surface area contributed by atoms with Crippen molar-refractivity contribution in [3.8, 4) is 0 Å². The molecule has 1 amide bonds. The molecule has 0 aliphatic heterocycles. The second kappa shape index (κ2) is 6.40. The molecule has 5 heteroatoms. The standard InChI is InChI=1S/C10H20N2O3/c1-6-15-10(14)8(2)12(5)7-9(13)11(3)4/h8H,6-7H2,1-5H3. The van der Waals surface area contributed by atoms with E-state index in [2.05, 4.69) is 0 Å². The molecule has 0 bridgehead atoms. The van der Waals surface area contributed by atoms with Crippen LogP contribution in [0.25, 0.3) is 0 Å². The Morgan fingerprint density at radius 1 is 1.27 bits per heavy atom. The normalized spacial score (nSPS) is 12.4. The minimum atomic E-state index is -0.395. The molecule has 0 saturated carbocycles. The number of rotatable bonds is 5. The highest BCUT2D eigenvalue weighted by atomic mass is 16.5. The minimum absolute atomic E-state index is 0.0337. The van der Waals surface area contributed by atoms with Gasteiger partial charge >= 0.3 is 5.97 Å². The predicted octanol–water partition coefficient (Wildman–Crippen LogP) is -0.0420. The molecule has 0 heterocycles. The van der Waals surface area contributed by atoms with Crippen molar-refractivity contribution in [2.75, 3.05) is 34.3 Å². The molecular weight excluding hydrogens is 196 g/mol. The summed E-state index contributed by atoms with van der Waals surface area (Å²) in [6.45, 7) is 4.06. The molecule has 1 atom stereocenters. The molecule has 0 spiro atoms. The molecule has 0 radical (unpaired) electrons. The molecule has 0 fully saturated rings. The number of hydrogen-bond acceptors (Lipinski definition) is 4. The fourth-order valence-corrected chi connectivity index (χ4v) is 0.935. The SMILES string of the molecule is CCOC(=O)C(C)N(C)CC(=O)N(C)C. The first-order valence-electron chi connectivity index (χ1n) is 4.97. The van der Waals surface area contributed by atoms with Gasteiger partial charge in [-0.1, -0.05) is 0 Å². The van der Waals surface area contributed by atoms with E-state index in [1.807, 2.05) is 0 Å². The number of carbonyl (C=O) groups is 2. The highest BCUT2D eigenvalue weighted by Gasteiger charge is 2.21. The zero-order valence-electron chi connectivity index (χ0n) is 10.1. The Labute approximate surface area is 91.0 Å². The maximum atomic E-state index is 11.4. The second-order valence-corrected chi connectivity index (χ2v) is 3.63. The van der Waals surface area contributed by atoms with Crippen molar-refractivity contribution in [2.45, 2.75) is 19.9 Å².